The highest BCUT2D eigenvalue weighted by atomic mass is 16.2. The summed E-state index contributed by atoms with van der Waals surface area (Å²) in [5, 5.41) is 0. The molecule has 2 heterocycles. The monoisotopic (exact) mass is 199 g/mol. The van der Waals surface area contributed by atoms with Gasteiger partial charge in [0, 0.05) is 18.5 Å². The lowest BCUT2D eigenvalue weighted by molar-refractivity contribution is -0.126. The molecule has 15 heavy (non-hydrogen) atoms. The summed E-state index contributed by atoms with van der Waals surface area (Å²) in [7, 11) is 0. The van der Waals surface area contributed by atoms with Crippen molar-refractivity contribution < 1.29 is 4.79 Å². The van der Waals surface area contributed by atoms with Crippen molar-refractivity contribution in [2.75, 3.05) is 6.54 Å². The smallest absolute Gasteiger partial charge is 0.249 e. The standard InChI is InChI=1S/C13H13NO/c1-9-8-12-11-5-3-2-4-10(11)6-7-14(12)13(9)15/h2-5,12H,1,6-8H2. The third-order valence-corrected chi connectivity index (χ3v) is 3.42. The van der Waals surface area contributed by atoms with Crippen LogP contribution in [0.5, 0.6) is 0 Å². The molecule has 1 saturated heterocycles. The molecule has 76 valence electrons. The molecule has 1 amide bonds. The zero-order chi connectivity index (χ0) is 10.4. The number of hydrogen-bond acceptors (Lipinski definition) is 1. The van der Waals surface area contributed by atoms with Crippen LogP contribution in [0.2, 0.25) is 0 Å². The van der Waals surface area contributed by atoms with Gasteiger partial charge in [-0.25, -0.2) is 0 Å². The second kappa shape index (κ2) is 2.96. The Labute approximate surface area is 89.2 Å². The van der Waals surface area contributed by atoms with Gasteiger partial charge in [-0.2, -0.15) is 0 Å². The predicted octanol–water partition coefficient (Wildman–Crippen LogP) is 2.07. The van der Waals surface area contributed by atoms with E-state index in [1.807, 2.05) is 11.0 Å². The molecular formula is C13H13NO. The van der Waals surface area contributed by atoms with E-state index in [0.717, 1.165) is 25.0 Å². The molecule has 1 atom stereocenters. The first-order valence-electron chi connectivity index (χ1n) is 5.34. The Morgan fingerprint density at radius 2 is 2.13 bits per heavy atom. The van der Waals surface area contributed by atoms with Crippen molar-refractivity contribution in [3.63, 3.8) is 0 Å². The van der Waals surface area contributed by atoms with E-state index in [-0.39, 0.29) is 11.9 Å². The molecule has 0 aromatic heterocycles. The maximum absolute atomic E-state index is 11.8. The molecular weight excluding hydrogens is 186 g/mol. The lowest BCUT2D eigenvalue weighted by atomic mass is 9.93. The molecule has 0 aliphatic carbocycles. The van der Waals surface area contributed by atoms with Crippen molar-refractivity contribution in [3.8, 4) is 0 Å². The van der Waals surface area contributed by atoms with Gasteiger partial charge in [-0.1, -0.05) is 30.8 Å². The maximum atomic E-state index is 11.8. The second-order valence-corrected chi connectivity index (χ2v) is 4.27. The molecule has 1 fully saturated rings. The molecule has 0 saturated carbocycles. The van der Waals surface area contributed by atoms with E-state index in [1.165, 1.54) is 11.1 Å². The highest BCUT2D eigenvalue weighted by molar-refractivity contribution is 5.96. The van der Waals surface area contributed by atoms with Crippen molar-refractivity contribution in [1.82, 2.24) is 4.90 Å². The van der Waals surface area contributed by atoms with Crippen LogP contribution in [-0.2, 0) is 11.2 Å². The molecule has 1 unspecified atom stereocenters. The summed E-state index contributed by atoms with van der Waals surface area (Å²) >= 11 is 0. The first-order valence-corrected chi connectivity index (χ1v) is 5.34. The number of hydrogen-bond donors (Lipinski definition) is 0. The zero-order valence-corrected chi connectivity index (χ0v) is 8.57. The molecule has 0 N–H and O–H groups in total. The summed E-state index contributed by atoms with van der Waals surface area (Å²) in [6, 6.07) is 8.68. The largest absolute Gasteiger partial charge is 0.331 e. The fraction of sp³-hybridized carbons (Fsp3) is 0.308. The van der Waals surface area contributed by atoms with E-state index in [2.05, 4.69) is 24.8 Å². The Kier molecular flexibility index (Phi) is 1.72. The maximum Gasteiger partial charge on any atom is 0.249 e. The van der Waals surface area contributed by atoms with E-state index in [9.17, 15) is 4.79 Å². The zero-order valence-electron chi connectivity index (χ0n) is 8.57. The minimum atomic E-state index is 0.148. The Morgan fingerprint density at radius 3 is 3.00 bits per heavy atom. The van der Waals surface area contributed by atoms with E-state index in [1.54, 1.807) is 0 Å². The summed E-state index contributed by atoms with van der Waals surface area (Å²) < 4.78 is 0. The van der Waals surface area contributed by atoms with Crippen LogP contribution in [0.1, 0.15) is 23.6 Å². The van der Waals surface area contributed by atoms with E-state index < -0.39 is 0 Å². The Balaban J connectivity index is 2.09. The van der Waals surface area contributed by atoms with Gasteiger partial charge in [0.15, 0.2) is 0 Å². The molecule has 1 aromatic carbocycles. The fourth-order valence-electron chi connectivity index (χ4n) is 2.64. The summed E-state index contributed by atoms with van der Waals surface area (Å²) in [6.45, 7) is 4.69. The normalized spacial score (nSPS) is 24.0. The van der Waals surface area contributed by atoms with E-state index in [4.69, 9.17) is 0 Å². The van der Waals surface area contributed by atoms with Crippen molar-refractivity contribution >= 4 is 5.91 Å². The van der Waals surface area contributed by atoms with Gasteiger partial charge in [0.25, 0.3) is 0 Å². The average molecular weight is 199 g/mol. The highest BCUT2D eigenvalue weighted by Crippen LogP contribution is 2.39. The topological polar surface area (TPSA) is 20.3 Å². The highest BCUT2D eigenvalue weighted by Gasteiger charge is 2.37. The van der Waals surface area contributed by atoms with Crippen LogP contribution in [0.25, 0.3) is 0 Å². The van der Waals surface area contributed by atoms with Gasteiger partial charge in [0.05, 0.1) is 6.04 Å². The summed E-state index contributed by atoms with van der Waals surface area (Å²) in [5.74, 6) is 0.148. The lowest BCUT2D eigenvalue weighted by Crippen LogP contribution is -2.34. The van der Waals surface area contributed by atoms with Gasteiger partial charge < -0.3 is 4.90 Å². The number of nitrogens with zero attached hydrogens (tertiary/aromatic N) is 1. The van der Waals surface area contributed by atoms with E-state index >= 15 is 0 Å². The molecule has 2 nitrogen and oxygen atoms in total. The van der Waals surface area contributed by atoms with Crippen molar-refractivity contribution in [3.05, 3.63) is 47.5 Å². The molecule has 2 aliphatic heterocycles. The number of fused-ring (bicyclic) bond motifs is 3. The predicted molar refractivity (Wildman–Crippen MR) is 58.4 cm³/mol. The number of benzene rings is 1. The first kappa shape index (κ1) is 8.72. The summed E-state index contributed by atoms with van der Waals surface area (Å²) in [5.41, 5.74) is 3.47. The van der Waals surface area contributed by atoms with Crippen molar-refractivity contribution in [2.24, 2.45) is 0 Å². The molecule has 0 spiro atoms. The number of carbonyl (C=O) groups excluding carboxylic acids is 1. The van der Waals surface area contributed by atoms with Crippen LogP contribution < -0.4 is 0 Å². The van der Waals surface area contributed by atoms with Crippen LogP contribution in [0, 0.1) is 0 Å². The summed E-state index contributed by atoms with van der Waals surface area (Å²) in [6.07, 6.45) is 1.78. The quantitative estimate of drug-likeness (QED) is 0.586. The SMILES string of the molecule is C=C1CC2c3ccccc3CCN2C1=O. The van der Waals surface area contributed by atoms with Crippen LogP contribution in [0.15, 0.2) is 36.4 Å². The average Bonchev–Trinajstić information content (AvgIpc) is 2.56. The van der Waals surface area contributed by atoms with Crippen LogP contribution >= 0.6 is 0 Å². The lowest BCUT2D eigenvalue weighted by Gasteiger charge is -2.31. The first-order chi connectivity index (χ1) is 7.27. The van der Waals surface area contributed by atoms with Crippen LogP contribution in [-0.4, -0.2) is 17.4 Å². The van der Waals surface area contributed by atoms with Crippen LogP contribution in [0.3, 0.4) is 0 Å². The van der Waals surface area contributed by atoms with Gasteiger partial charge in [-0.3, -0.25) is 4.79 Å². The van der Waals surface area contributed by atoms with Crippen molar-refractivity contribution in [1.29, 1.82) is 0 Å². The fourth-order valence-corrected chi connectivity index (χ4v) is 2.64. The summed E-state index contributed by atoms with van der Waals surface area (Å²) in [4.78, 5) is 13.7. The Morgan fingerprint density at radius 1 is 1.33 bits per heavy atom. The van der Waals surface area contributed by atoms with Gasteiger partial charge in [-0.05, 0) is 17.5 Å². The number of carbonyl (C=O) groups is 1. The number of amides is 1. The van der Waals surface area contributed by atoms with Gasteiger partial charge in [0.2, 0.25) is 5.91 Å². The third-order valence-electron chi connectivity index (χ3n) is 3.42. The van der Waals surface area contributed by atoms with Gasteiger partial charge in [-0.15, -0.1) is 0 Å². The minimum Gasteiger partial charge on any atom is -0.331 e. The van der Waals surface area contributed by atoms with Crippen molar-refractivity contribution in [2.45, 2.75) is 18.9 Å². The van der Waals surface area contributed by atoms with Crippen LogP contribution in [0.4, 0.5) is 0 Å². The molecule has 3 rings (SSSR count). The Hall–Kier alpha value is -1.57. The van der Waals surface area contributed by atoms with E-state index in [0.29, 0.717) is 0 Å². The second-order valence-electron chi connectivity index (χ2n) is 4.27. The molecule has 1 aromatic rings. The minimum absolute atomic E-state index is 0.148. The third kappa shape index (κ3) is 1.14. The molecule has 0 bridgehead atoms. The molecule has 0 radical (unpaired) electrons. The van der Waals surface area contributed by atoms with Gasteiger partial charge in [0.1, 0.15) is 0 Å². The van der Waals surface area contributed by atoms with Gasteiger partial charge >= 0.3 is 0 Å². The number of rotatable bonds is 0. The molecule has 2 heteroatoms. The Bertz CT molecular complexity index is 450. The molecule has 2 aliphatic rings.